The lowest BCUT2D eigenvalue weighted by Gasteiger charge is -2.26. The van der Waals surface area contributed by atoms with Crippen LogP contribution in [-0.4, -0.2) is 47.3 Å². The second kappa shape index (κ2) is 6.24. The number of nitrogens with one attached hydrogen (secondary N) is 1. The zero-order valence-corrected chi connectivity index (χ0v) is 11.9. The lowest BCUT2D eigenvalue weighted by molar-refractivity contribution is 0.0369. The molecular formula is C15H19N3O3. The number of hydrogen-bond acceptors (Lipinski definition) is 4. The normalized spacial score (nSPS) is 16.4. The zero-order chi connectivity index (χ0) is 14.7. The Morgan fingerprint density at radius 2 is 1.86 bits per heavy atom. The van der Waals surface area contributed by atoms with Crippen LogP contribution < -0.4 is 11.1 Å². The van der Waals surface area contributed by atoms with Crippen molar-refractivity contribution in [3.8, 4) is 0 Å². The van der Waals surface area contributed by atoms with Crippen LogP contribution in [0.15, 0.2) is 33.9 Å². The quantitative estimate of drug-likeness (QED) is 0.828. The highest BCUT2D eigenvalue weighted by molar-refractivity contribution is 5.74. The number of benzene rings is 1. The van der Waals surface area contributed by atoms with Gasteiger partial charge in [0.2, 0.25) is 0 Å². The summed E-state index contributed by atoms with van der Waals surface area (Å²) in [6.45, 7) is 4.88. The number of morpholine rings is 1. The van der Waals surface area contributed by atoms with Gasteiger partial charge >= 0.3 is 11.1 Å². The summed E-state index contributed by atoms with van der Waals surface area (Å²) in [5, 5.41) is 0. The van der Waals surface area contributed by atoms with Gasteiger partial charge < -0.3 is 14.3 Å². The average molecular weight is 289 g/mol. The van der Waals surface area contributed by atoms with Crippen LogP contribution in [0.4, 0.5) is 0 Å². The Labute approximate surface area is 122 Å². The van der Waals surface area contributed by atoms with E-state index in [0.717, 1.165) is 44.8 Å². The number of aromatic nitrogens is 2. The Kier molecular flexibility index (Phi) is 4.17. The molecular weight excluding hydrogens is 270 g/mol. The Balaban J connectivity index is 1.78. The third-order valence-electron chi connectivity index (χ3n) is 3.84. The number of ether oxygens (including phenoxy) is 1. The highest BCUT2D eigenvalue weighted by atomic mass is 16.5. The fourth-order valence-corrected chi connectivity index (χ4v) is 2.72. The Bertz CT molecular complexity index is 729. The smallest absolute Gasteiger partial charge is 0.316 e. The van der Waals surface area contributed by atoms with Crippen LogP contribution in [0.3, 0.4) is 0 Å². The van der Waals surface area contributed by atoms with E-state index in [1.807, 2.05) is 24.3 Å². The Hall–Kier alpha value is -1.92. The molecule has 2 aromatic rings. The largest absolute Gasteiger partial charge is 0.379 e. The minimum atomic E-state index is -0.555. The highest BCUT2D eigenvalue weighted by Crippen LogP contribution is 2.08. The van der Waals surface area contributed by atoms with Crippen molar-refractivity contribution in [3.05, 3.63) is 45.0 Å². The number of fused-ring (bicyclic) bond motifs is 1. The topological polar surface area (TPSA) is 67.3 Å². The van der Waals surface area contributed by atoms with Crippen molar-refractivity contribution >= 4 is 11.0 Å². The molecule has 6 nitrogen and oxygen atoms in total. The number of hydrogen-bond donors (Lipinski definition) is 1. The van der Waals surface area contributed by atoms with Crippen molar-refractivity contribution in [1.82, 2.24) is 14.5 Å². The molecule has 0 saturated carbocycles. The molecule has 1 aromatic carbocycles. The number of para-hydroxylation sites is 2. The molecule has 112 valence electrons. The fourth-order valence-electron chi connectivity index (χ4n) is 2.72. The van der Waals surface area contributed by atoms with E-state index in [-0.39, 0.29) is 0 Å². The van der Waals surface area contributed by atoms with Gasteiger partial charge in [0, 0.05) is 26.2 Å². The lowest BCUT2D eigenvalue weighted by Crippen LogP contribution is -2.39. The SMILES string of the molecule is O=c1[nH]c2ccccc2n(CCCN2CCOCC2)c1=O. The van der Waals surface area contributed by atoms with Gasteiger partial charge in [0.15, 0.2) is 0 Å². The van der Waals surface area contributed by atoms with Gasteiger partial charge in [0.25, 0.3) is 0 Å². The van der Waals surface area contributed by atoms with E-state index < -0.39 is 11.1 Å². The van der Waals surface area contributed by atoms with Crippen molar-refractivity contribution in [2.45, 2.75) is 13.0 Å². The first-order valence-electron chi connectivity index (χ1n) is 7.28. The van der Waals surface area contributed by atoms with E-state index in [9.17, 15) is 9.59 Å². The predicted molar refractivity (Wildman–Crippen MR) is 80.7 cm³/mol. The molecule has 0 aliphatic carbocycles. The van der Waals surface area contributed by atoms with Crippen molar-refractivity contribution in [1.29, 1.82) is 0 Å². The first-order valence-corrected chi connectivity index (χ1v) is 7.28. The minimum Gasteiger partial charge on any atom is -0.379 e. The molecule has 0 unspecified atom stereocenters. The molecule has 0 atom stereocenters. The summed E-state index contributed by atoms with van der Waals surface area (Å²) >= 11 is 0. The Morgan fingerprint density at radius 1 is 1.10 bits per heavy atom. The maximum atomic E-state index is 12.1. The molecule has 3 rings (SSSR count). The molecule has 2 heterocycles. The average Bonchev–Trinajstić information content (AvgIpc) is 2.52. The van der Waals surface area contributed by atoms with E-state index in [4.69, 9.17) is 4.74 Å². The molecule has 1 fully saturated rings. The summed E-state index contributed by atoms with van der Waals surface area (Å²) < 4.78 is 6.89. The molecule has 0 bridgehead atoms. The molecule has 0 spiro atoms. The van der Waals surface area contributed by atoms with Crippen LogP contribution in [0.5, 0.6) is 0 Å². The number of aryl methyl sites for hydroxylation is 1. The maximum absolute atomic E-state index is 12.1. The van der Waals surface area contributed by atoms with Crippen LogP contribution >= 0.6 is 0 Å². The van der Waals surface area contributed by atoms with Gasteiger partial charge in [-0.1, -0.05) is 12.1 Å². The van der Waals surface area contributed by atoms with Gasteiger partial charge in [-0.2, -0.15) is 0 Å². The summed E-state index contributed by atoms with van der Waals surface area (Å²) in [7, 11) is 0. The van der Waals surface area contributed by atoms with Crippen molar-refractivity contribution < 1.29 is 4.74 Å². The maximum Gasteiger partial charge on any atom is 0.316 e. The van der Waals surface area contributed by atoms with Gasteiger partial charge in [-0.05, 0) is 18.6 Å². The molecule has 21 heavy (non-hydrogen) atoms. The molecule has 0 amide bonds. The summed E-state index contributed by atoms with van der Waals surface area (Å²) in [4.78, 5) is 28.7. The van der Waals surface area contributed by atoms with Crippen LogP contribution in [0.25, 0.3) is 11.0 Å². The summed E-state index contributed by atoms with van der Waals surface area (Å²) in [5.74, 6) is 0. The number of H-pyrrole nitrogens is 1. The third-order valence-corrected chi connectivity index (χ3v) is 3.84. The molecule has 1 aliphatic rings. The molecule has 6 heteroatoms. The highest BCUT2D eigenvalue weighted by Gasteiger charge is 2.11. The summed E-state index contributed by atoms with van der Waals surface area (Å²) in [6, 6.07) is 7.40. The van der Waals surface area contributed by atoms with E-state index in [1.165, 1.54) is 0 Å². The summed E-state index contributed by atoms with van der Waals surface area (Å²) in [5.41, 5.74) is 0.452. The number of rotatable bonds is 4. The van der Waals surface area contributed by atoms with Gasteiger partial charge in [-0.15, -0.1) is 0 Å². The van der Waals surface area contributed by atoms with Gasteiger partial charge in [0.05, 0.1) is 24.2 Å². The van der Waals surface area contributed by atoms with Gasteiger partial charge in [-0.3, -0.25) is 14.5 Å². The fraction of sp³-hybridized carbons (Fsp3) is 0.467. The third kappa shape index (κ3) is 3.06. The van der Waals surface area contributed by atoms with Crippen LogP contribution in [-0.2, 0) is 11.3 Å². The molecule has 1 aliphatic heterocycles. The minimum absolute atomic E-state index is 0.476. The first kappa shape index (κ1) is 14.0. The Morgan fingerprint density at radius 3 is 2.67 bits per heavy atom. The van der Waals surface area contributed by atoms with Gasteiger partial charge in [-0.25, -0.2) is 0 Å². The monoisotopic (exact) mass is 289 g/mol. The molecule has 0 radical (unpaired) electrons. The van der Waals surface area contributed by atoms with Crippen molar-refractivity contribution in [2.24, 2.45) is 0 Å². The van der Waals surface area contributed by atoms with Crippen molar-refractivity contribution in [3.63, 3.8) is 0 Å². The van der Waals surface area contributed by atoms with E-state index in [0.29, 0.717) is 12.1 Å². The van der Waals surface area contributed by atoms with E-state index in [1.54, 1.807) is 4.57 Å². The summed E-state index contributed by atoms with van der Waals surface area (Å²) in [6.07, 6.45) is 0.841. The number of nitrogens with zero attached hydrogens (tertiary/aromatic N) is 2. The number of aromatic amines is 1. The second-order valence-corrected chi connectivity index (χ2v) is 5.24. The van der Waals surface area contributed by atoms with Crippen LogP contribution in [0.2, 0.25) is 0 Å². The first-order chi connectivity index (χ1) is 10.3. The van der Waals surface area contributed by atoms with Crippen LogP contribution in [0, 0.1) is 0 Å². The standard InChI is InChI=1S/C15H19N3O3/c19-14-15(20)18(13-5-2-1-4-12(13)16-14)7-3-6-17-8-10-21-11-9-17/h1-2,4-5H,3,6-11H2,(H,16,19). The van der Waals surface area contributed by atoms with E-state index in [2.05, 4.69) is 9.88 Å². The van der Waals surface area contributed by atoms with Crippen molar-refractivity contribution in [2.75, 3.05) is 32.8 Å². The zero-order valence-electron chi connectivity index (χ0n) is 11.9. The molecule has 1 aromatic heterocycles. The van der Waals surface area contributed by atoms with Crippen LogP contribution in [0.1, 0.15) is 6.42 Å². The molecule has 1 saturated heterocycles. The van der Waals surface area contributed by atoms with E-state index >= 15 is 0 Å². The molecule has 1 N–H and O–H groups in total. The predicted octanol–water partition coefficient (Wildman–Crippen LogP) is 0.412. The van der Waals surface area contributed by atoms with Gasteiger partial charge in [0.1, 0.15) is 0 Å². The lowest BCUT2D eigenvalue weighted by atomic mass is 10.2. The second-order valence-electron chi connectivity index (χ2n) is 5.24.